The predicted octanol–water partition coefficient (Wildman–Crippen LogP) is 3.50. The molecule has 1 aromatic rings. The molecule has 26 heavy (non-hydrogen) atoms. The van der Waals surface area contributed by atoms with E-state index in [1.807, 2.05) is 13.0 Å². The minimum absolute atomic E-state index is 0.136. The van der Waals surface area contributed by atoms with Crippen molar-refractivity contribution in [2.45, 2.75) is 38.9 Å². The zero-order valence-electron chi connectivity index (χ0n) is 15.4. The molecule has 7 heteroatoms. The average Bonchev–Trinajstić information content (AvgIpc) is 2.61. The Balaban J connectivity index is 1.76. The van der Waals surface area contributed by atoms with Gasteiger partial charge in [-0.25, -0.2) is 0 Å². The molecule has 0 amide bonds. The van der Waals surface area contributed by atoms with E-state index in [1.54, 1.807) is 0 Å². The SMILES string of the molecule is CCNC(=NCCCCC(F)(F)F)N1CCN(Cc2ccccc2)CC1. The van der Waals surface area contributed by atoms with Crippen LogP contribution in [-0.2, 0) is 6.54 Å². The lowest BCUT2D eigenvalue weighted by atomic mass is 10.2. The van der Waals surface area contributed by atoms with Gasteiger partial charge in [0.05, 0.1) is 0 Å². The molecule has 1 aliphatic heterocycles. The van der Waals surface area contributed by atoms with Crippen molar-refractivity contribution in [1.82, 2.24) is 15.1 Å². The van der Waals surface area contributed by atoms with Gasteiger partial charge >= 0.3 is 6.18 Å². The molecule has 0 spiro atoms. The fourth-order valence-electron chi connectivity index (χ4n) is 3.01. The third kappa shape index (κ3) is 7.64. The highest BCUT2D eigenvalue weighted by atomic mass is 19.4. The summed E-state index contributed by atoms with van der Waals surface area (Å²) >= 11 is 0. The van der Waals surface area contributed by atoms with E-state index in [4.69, 9.17) is 0 Å². The second kappa shape index (κ2) is 10.4. The van der Waals surface area contributed by atoms with E-state index in [2.05, 4.69) is 44.4 Å². The van der Waals surface area contributed by atoms with Gasteiger partial charge < -0.3 is 10.2 Å². The highest BCUT2D eigenvalue weighted by Crippen LogP contribution is 2.22. The van der Waals surface area contributed by atoms with Gasteiger partial charge in [0.25, 0.3) is 0 Å². The van der Waals surface area contributed by atoms with Crippen LogP contribution in [0.3, 0.4) is 0 Å². The summed E-state index contributed by atoms with van der Waals surface area (Å²) in [5.41, 5.74) is 1.31. The third-order valence-corrected chi connectivity index (χ3v) is 4.39. The first-order chi connectivity index (χ1) is 12.5. The lowest BCUT2D eigenvalue weighted by Gasteiger charge is -2.36. The first kappa shape index (κ1) is 20.6. The summed E-state index contributed by atoms with van der Waals surface area (Å²) in [4.78, 5) is 9.13. The summed E-state index contributed by atoms with van der Waals surface area (Å²) in [5.74, 6) is 0.818. The molecule has 4 nitrogen and oxygen atoms in total. The molecule has 0 atom stereocenters. The molecular formula is C19H29F3N4. The number of hydrogen-bond donors (Lipinski definition) is 1. The van der Waals surface area contributed by atoms with E-state index in [0.717, 1.165) is 45.2 Å². The normalized spacial score (nSPS) is 16.8. The number of piperazine rings is 1. The van der Waals surface area contributed by atoms with Crippen molar-refractivity contribution in [3.8, 4) is 0 Å². The molecule has 1 fully saturated rings. The van der Waals surface area contributed by atoms with Gasteiger partial charge in [-0.2, -0.15) is 13.2 Å². The topological polar surface area (TPSA) is 30.9 Å². The Morgan fingerprint density at radius 1 is 1.08 bits per heavy atom. The number of rotatable bonds is 7. The fraction of sp³-hybridized carbons (Fsp3) is 0.632. The smallest absolute Gasteiger partial charge is 0.357 e. The summed E-state index contributed by atoms with van der Waals surface area (Å²) in [6, 6.07) is 10.4. The maximum absolute atomic E-state index is 12.2. The van der Waals surface area contributed by atoms with Crippen LogP contribution in [0, 0.1) is 0 Å². The monoisotopic (exact) mass is 370 g/mol. The van der Waals surface area contributed by atoms with Gasteiger partial charge in [0.15, 0.2) is 5.96 Å². The van der Waals surface area contributed by atoms with E-state index in [0.29, 0.717) is 13.0 Å². The summed E-state index contributed by atoms with van der Waals surface area (Å²) in [7, 11) is 0. The van der Waals surface area contributed by atoms with E-state index in [9.17, 15) is 13.2 Å². The lowest BCUT2D eigenvalue weighted by molar-refractivity contribution is -0.135. The molecule has 1 aromatic carbocycles. The van der Waals surface area contributed by atoms with Gasteiger partial charge in [-0.05, 0) is 25.3 Å². The predicted molar refractivity (Wildman–Crippen MR) is 99.2 cm³/mol. The number of nitrogens with one attached hydrogen (secondary N) is 1. The molecule has 2 rings (SSSR count). The molecule has 1 N–H and O–H groups in total. The first-order valence-electron chi connectivity index (χ1n) is 9.34. The minimum atomic E-state index is -4.07. The van der Waals surface area contributed by atoms with Gasteiger partial charge in [0.1, 0.15) is 0 Å². The Hall–Kier alpha value is -1.76. The van der Waals surface area contributed by atoms with Crippen molar-refractivity contribution in [3.63, 3.8) is 0 Å². The highest BCUT2D eigenvalue weighted by Gasteiger charge is 2.25. The van der Waals surface area contributed by atoms with E-state index < -0.39 is 12.6 Å². The molecule has 0 aliphatic carbocycles. The highest BCUT2D eigenvalue weighted by molar-refractivity contribution is 5.80. The van der Waals surface area contributed by atoms with Crippen LogP contribution in [-0.4, -0.2) is 61.2 Å². The molecule has 0 radical (unpaired) electrons. The summed E-state index contributed by atoms with van der Waals surface area (Å²) in [6.07, 6.45) is -4.19. The minimum Gasteiger partial charge on any atom is -0.357 e. The molecule has 1 heterocycles. The zero-order chi connectivity index (χ0) is 18.8. The number of hydrogen-bond acceptors (Lipinski definition) is 2. The lowest BCUT2D eigenvalue weighted by Crippen LogP contribution is -2.52. The van der Waals surface area contributed by atoms with Crippen LogP contribution < -0.4 is 5.32 Å². The number of alkyl halides is 3. The number of benzene rings is 1. The molecule has 1 aliphatic rings. The fourth-order valence-corrected chi connectivity index (χ4v) is 3.01. The Kier molecular flexibility index (Phi) is 8.22. The second-order valence-electron chi connectivity index (χ2n) is 6.56. The quantitative estimate of drug-likeness (QED) is 0.453. The Labute approximate surface area is 154 Å². The number of guanidine groups is 1. The maximum Gasteiger partial charge on any atom is 0.389 e. The molecule has 0 saturated carbocycles. The summed E-state index contributed by atoms with van der Waals surface area (Å²) in [5, 5.41) is 3.26. The van der Waals surface area contributed by atoms with E-state index in [-0.39, 0.29) is 6.42 Å². The van der Waals surface area contributed by atoms with Crippen LogP contribution in [0.25, 0.3) is 0 Å². The van der Waals surface area contributed by atoms with Crippen LogP contribution >= 0.6 is 0 Å². The van der Waals surface area contributed by atoms with E-state index in [1.165, 1.54) is 5.56 Å². The van der Waals surface area contributed by atoms with Crippen LogP contribution in [0.4, 0.5) is 13.2 Å². The summed E-state index contributed by atoms with van der Waals surface area (Å²) in [6.45, 7) is 7.79. The number of nitrogens with zero attached hydrogens (tertiary/aromatic N) is 3. The largest absolute Gasteiger partial charge is 0.389 e. The Bertz CT molecular complexity index is 537. The second-order valence-corrected chi connectivity index (χ2v) is 6.56. The van der Waals surface area contributed by atoms with Crippen molar-refractivity contribution >= 4 is 5.96 Å². The average molecular weight is 370 g/mol. The van der Waals surface area contributed by atoms with Gasteiger partial charge in [-0.1, -0.05) is 30.3 Å². The first-order valence-corrected chi connectivity index (χ1v) is 9.34. The van der Waals surface area contributed by atoms with Crippen LogP contribution in [0.5, 0.6) is 0 Å². The Morgan fingerprint density at radius 3 is 2.38 bits per heavy atom. The zero-order valence-corrected chi connectivity index (χ0v) is 15.4. The molecule has 0 unspecified atom stereocenters. The molecular weight excluding hydrogens is 341 g/mol. The molecule has 1 saturated heterocycles. The summed E-state index contributed by atoms with van der Waals surface area (Å²) < 4.78 is 36.6. The van der Waals surface area contributed by atoms with Gasteiger partial charge in [-0.15, -0.1) is 0 Å². The maximum atomic E-state index is 12.2. The van der Waals surface area contributed by atoms with Gasteiger partial charge in [0, 0.05) is 52.2 Å². The van der Waals surface area contributed by atoms with Crippen molar-refractivity contribution in [1.29, 1.82) is 0 Å². The molecule has 146 valence electrons. The van der Waals surface area contributed by atoms with Crippen LogP contribution in [0.2, 0.25) is 0 Å². The van der Waals surface area contributed by atoms with Crippen molar-refractivity contribution in [2.75, 3.05) is 39.3 Å². The Morgan fingerprint density at radius 2 is 1.77 bits per heavy atom. The molecule has 0 aromatic heterocycles. The third-order valence-electron chi connectivity index (χ3n) is 4.39. The van der Waals surface area contributed by atoms with Crippen LogP contribution in [0.1, 0.15) is 31.7 Å². The van der Waals surface area contributed by atoms with Crippen molar-refractivity contribution < 1.29 is 13.2 Å². The van der Waals surface area contributed by atoms with Crippen LogP contribution in [0.15, 0.2) is 35.3 Å². The van der Waals surface area contributed by atoms with E-state index >= 15 is 0 Å². The van der Waals surface area contributed by atoms with Crippen molar-refractivity contribution in [3.05, 3.63) is 35.9 Å². The standard InChI is InChI=1S/C19H29F3N4/c1-2-23-18(24-11-7-6-10-19(20,21)22)26-14-12-25(13-15-26)16-17-8-4-3-5-9-17/h3-5,8-9H,2,6-7,10-16H2,1H3,(H,23,24). The number of halogens is 3. The van der Waals surface area contributed by atoms with Gasteiger partial charge in [-0.3, -0.25) is 9.89 Å². The molecule has 0 bridgehead atoms. The number of aliphatic imine (C=N–C) groups is 1. The van der Waals surface area contributed by atoms with Crippen molar-refractivity contribution in [2.24, 2.45) is 4.99 Å². The number of unbranched alkanes of at least 4 members (excludes halogenated alkanes) is 1. The van der Waals surface area contributed by atoms with Gasteiger partial charge in [0.2, 0.25) is 0 Å².